The summed E-state index contributed by atoms with van der Waals surface area (Å²) in [6.07, 6.45) is 3.59. The van der Waals surface area contributed by atoms with Crippen molar-refractivity contribution in [1.29, 1.82) is 0 Å². The number of aromatic nitrogens is 1. The lowest BCUT2D eigenvalue weighted by Gasteiger charge is -2.17. The van der Waals surface area contributed by atoms with Crippen molar-refractivity contribution >= 4 is 33.3 Å². The zero-order valence-electron chi connectivity index (χ0n) is 8.63. The van der Waals surface area contributed by atoms with Gasteiger partial charge in [0.2, 0.25) is 0 Å². The second kappa shape index (κ2) is 6.30. The average molecular weight is 293 g/mol. The summed E-state index contributed by atoms with van der Waals surface area (Å²) >= 11 is 9.22. The maximum Gasteiger partial charge on any atom is 0.140 e. The van der Waals surface area contributed by atoms with Gasteiger partial charge in [-0.15, -0.1) is 0 Å². The van der Waals surface area contributed by atoms with Crippen molar-refractivity contribution in [3.8, 4) is 0 Å². The summed E-state index contributed by atoms with van der Waals surface area (Å²) in [4.78, 5) is 4.22. The van der Waals surface area contributed by atoms with E-state index in [-0.39, 0.29) is 0 Å². The molecule has 0 spiro atoms. The van der Waals surface area contributed by atoms with Gasteiger partial charge in [0, 0.05) is 12.2 Å². The minimum absolute atomic E-state index is 0.361. The number of rotatable bonds is 5. The number of hydrogen-bond acceptors (Lipinski definition) is 3. The Hall–Kier alpha value is -0.320. The first-order valence-corrected chi connectivity index (χ1v) is 6.12. The molecule has 3 nitrogen and oxygen atoms in total. The molecule has 5 heteroatoms. The first-order valence-electron chi connectivity index (χ1n) is 4.95. The highest BCUT2D eigenvalue weighted by molar-refractivity contribution is 9.10. The zero-order chi connectivity index (χ0) is 11.3. The van der Waals surface area contributed by atoms with Crippen molar-refractivity contribution in [2.45, 2.75) is 25.8 Å². The van der Waals surface area contributed by atoms with E-state index in [0.29, 0.717) is 17.6 Å². The van der Waals surface area contributed by atoms with Crippen molar-refractivity contribution in [3.63, 3.8) is 0 Å². The standard InChI is InChI=1S/C10H15BrClN3/c1-2-8(3-4-13)15-10-9(11)5-7(12)6-14-10/h5-6,8H,2-4,13H2,1H3,(H,14,15). The normalized spacial score (nSPS) is 12.5. The first kappa shape index (κ1) is 12.7. The topological polar surface area (TPSA) is 50.9 Å². The minimum atomic E-state index is 0.361. The molecule has 0 radical (unpaired) electrons. The molecule has 84 valence electrons. The fourth-order valence-corrected chi connectivity index (χ4v) is 2.05. The Morgan fingerprint density at radius 1 is 1.67 bits per heavy atom. The number of nitrogens with two attached hydrogens (primary N) is 1. The van der Waals surface area contributed by atoms with Gasteiger partial charge in [0.25, 0.3) is 0 Å². The third-order valence-corrected chi connectivity index (χ3v) is 2.97. The molecule has 0 amide bonds. The summed E-state index contributed by atoms with van der Waals surface area (Å²) in [7, 11) is 0. The van der Waals surface area contributed by atoms with Gasteiger partial charge < -0.3 is 11.1 Å². The predicted octanol–water partition coefficient (Wildman–Crippen LogP) is 3.04. The van der Waals surface area contributed by atoms with E-state index in [4.69, 9.17) is 17.3 Å². The maximum atomic E-state index is 5.81. The lowest BCUT2D eigenvalue weighted by atomic mass is 10.1. The van der Waals surface area contributed by atoms with E-state index in [9.17, 15) is 0 Å². The van der Waals surface area contributed by atoms with E-state index in [0.717, 1.165) is 23.1 Å². The molecule has 0 bridgehead atoms. The van der Waals surface area contributed by atoms with Gasteiger partial charge in [-0.05, 0) is 41.4 Å². The summed E-state index contributed by atoms with van der Waals surface area (Å²) < 4.78 is 0.880. The molecule has 3 N–H and O–H groups in total. The molecule has 1 rings (SSSR count). The molecule has 1 aromatic rings. The van der Waals surface area contributed by atoms with E-state index in [1.54, 1.807) is 6.20 Å². The molecule has 1 heterocycles. The second-order valence-electron chi connectivity index (χ2n) is 3.31. The van der Waals surface area contributed by atoms with Crippen molar-refractivity contribution in [3.05, 3.63) is 21.8 Å². The Balaban J connectivity index is 2.70. The molecule has 0 saturated heterocycles. The van der Waals surface area contributed by atoms with Crippen LogP contribution in [0.1, 0.15) is 19.8 Å². The molecular formula is C10H15BrClN3. The van der Waals surface area contributed by atoms with E-state index in [1.165, 1.54) is 0 Å². The molecule has 1 aromatic heterocycles. The van der Waals surface area contributed by atoms with Gasteiger partial charge in [0.15, 0.2) is 0 Å². The number of pyridine rings is 1. The Kier molecular flexibility index (Phi) is 5.36. The molecule has 0 saturated carbocycles. The largest absolute Gasteiger partial charge is 0.366 e. The van der Waals surface area contributed by atoms with E-state index in [1.807, 2.05) is 6.07 Å². The third-order valence-electron chi connectivity index (χ3n) is 2.16. The third kappa shape index (κ3) is 3.97. The van der Waals surface area contributed by atoms with Crippen LogP contribution in [0.2, 0.25) is 5.02 Å². The number of hydrogen-bond donors (Lipinski definition) is 2. The summed E-state index contributed by atoms with van der Waals surface area (Å²) in [6.45, 7) is 2.80. The number of nitrogens with one attached hydrogen (secondary N) is 1. The average Bonchev–Trinajstić information content (AvgIpc) is 2.21. The van der Waals surface area contributed by atoms with Gasteiger partial charge in [-0.1, -0.05) is 18.5 Å². The van der Waals surface area contributed by atoms with Crippen molar-refractivity contribution < 1.29 is 0 Å². The molecule has 15 heavy (non-hydrogen) atoms. The van der Waals surface area contributed by atoms with Crippen molar-refractivity contribution in [2.75, 3.05) is 11.9 Å². The summed E-state index contributed by atoms with van der Waals surface area (Å²) in [5, 5.41) is 3.95. The molecular weight excluding hydrogens is 277 g/mol. The van der Waals surface area contributed by atoms with Crippen LogP contribution in [-0.4, -0.2) is 17.6 Å². The number of anilines is 1. The smallest absolute Gasteiger partial charge is 0.140 e. The Labute approximate surface area is 104 Å². The van der Waals surface area contributed by atoms with Gasteiger partial charge in [-0.25, -0.2) is 4.98 Å². The van der Waals surface area contributed by atoms with Crippen LogP contribution >= 0.6 is 27.5 Å². The van der Waals surface area contributed by atoms with Crippen molar-refractivity contribution in [2.24, 2.45) is 5.73 Å². The van der Waals surface area contributed by atoms with Crippen LogP contribution in [0.15, 0.2) is 16.7 Å². The fourth-order valence-electron chi connectivity index (χ4n) is 1.29. The van der Waals surface area contributed by atoms with Gasteiger partial charge in [-0.3, -0.25) is 0 Å². The molecule has 0 fully saturated rings. The predicted molar refractivity (Wildman–Crippen MR) is 68.3 cm³/mol. The molecule has 0 aliphatic heterocycles. The highest BCUT2D eigenvalue weighted by Crippen LogP contribution is 2.24. The molecule has 0 aliphatic rings. The number of nitrogens with zero attached hydrogens (tertiary/aromatic N) is 1. The second-order valence-corrected chi connectivity index (χ2v) is 4.60. The number of halogens is 2. The van der Waals surface area contributed by atoms with Crippen LogP contribution in [-0.2, 0) is 0 Å². The van der Waals surface area contributed by atoms with Crippen molar-refractivity contribution in [1.82, 2.24) is 4.98 Å². The molecule has 0 aliphatic carbocycles. The fraction of sp³-hybridized carbons (Fsp3) is 0.500. The summed E-state index contributed by atoms with van der Waals surface area (Å²) in [6, 6.07) is 2.19. The quantitative estimate of drug-likeness (QED) is 0.877. The Morgan fingerprint density at radius 2 is 2.40 bits per heavy atom. The lowest BCUT2D eigenvalue weighted by molar-refractivity contribution is 0.639. The van der Waals surface area contributed by atoms with E-state index < -0.39 is 0 Å². The van der Waals surface area contributed by atoms with Gasteiger partial charge in [0.1, 0.15) is 5.82 Å². The first-order chi connectivity index (χ1) is 7.17. The van der Waals surface area contributed by atoms with Crippen LogP contribution in [0, 0.1) is 0 Å². The van der Waals surface area contributed by atoms with Gasteiger partial charge >= 0.3 is 0 Å². The van der Waals surface area contributed by atoms with Gasteiger partial charge in [0.05, 0.1) is 9.50 Å². The Morgan fingerprint density at radius 3 is 2.93 bits per heavy atom. The monoisotopic (exact) mass is 291 g/mol. The Bertz CT molecular complexity index is 320. The maximum absolute atomic E-state index is 5.81. The summed E-state index contributed by atoms with van der Waals surface area (Å²) in [5.74, 6) is 0.819. The SMILES string of the molecule is CCC(CCN)Nc1ncc(Cl)cc1Br. The van der Waals surface area contributed by atoms with Crippen LogP contribution in [0.25, 0.3) is 0 Å². The van der Waals surface area contributed by atoms with E-state index >= 15 is 0 Å². The van der Waals surface area contributed by atoms with Crippen LogP contribution in [0.5, 0.6) is 0 Å². The van der Waals surface area contributed by atoms with Crippen LogP contribution in [0.4, 0.5) is 5.82 Å². The van der Waals surface area contributed by atoms with E-state index in [2.05, 4.69) is 33.2 Å². The van der Waals surface area contributed by atoms with Crippen LogP contribution < -0.4 is 11.1 Å². The minimum Gasteiger partial charge on any atom is -0.366 e. The summed E-state index contributed by atoms with van der Waals surface area (Å²) in [5.41, 5.74) is 5.53. The van der Waals surface area contributed by atoms with Gasteiger partial charge in [-0.2, -0.15) is 0 Å². The molecule has 0 aromatic carbocycles. The molecule has 1 unspecified atom stereocenters. The zero-order valence-corrected chi connectivity index (χ0v) is 11.0. The molecule has 1 atom stereocenters. The lowest BCUT2D eigenvalue weighted by Crippen LogP contribution is -2.22. The highest BCUT2D eigenvalue weighted by atomic mass is 79.9. The van der Waals surface area contributed by atoms with Crippen LogP contribution in [0.3, 0.4) is 0 Å². The highest BCUT2D eigenvalue weighted by Gasteiger charge is 2.08.